The molecule has 6 heteroatoms. The van der Waals surface area contributed by atoms with Crippen molar-refractivity contribution in [2.75, 3.05) is 0 Å². The molecule has 2 aromatic heterocycles. The summed E-state index contributed by atoms with van der Waals surface area (Å²) in [6.45, 7) is 0. The van der Waals surface area contributed by atoms with Gasteiger partial charge < -0.3 is 9.88 Å². The number of carbonyl (C=O) groups is 1. The number of imidazole rings is 1. The first-order chi connectivity index (χ1) is 9.24. The van der Waals surface area contributed by atoms with Gasteiger partial charge in [0, 0.05) is 23.8 Å². The molecule has 2 heterocycles. The Kier molecular flexibility index (Phi) is 3.70. The lowest BCUT2D eigenvalue weighted by Gasteiger charge is -2.21. The standard InChI is InChI=1S/C13H14BrN3OS/c14-12-6-9(7-19-12)13(18)16-10-2-1-3-11(10)17-5-4-15-8-17/h4-8,10-11H,1-3H2,(H,16,18). The summed E-state index contributed by atoms with van der Waals surface area (Å²) in [5.74, 6) is 0.0129. The number of carbonyl (C=O) groups excluding carboxylic acids is 1. The van der Waals surface area contributed by atoms with Gasteiger partial charge in [0.05, 0.1) is 21.7 Å². The van der Waals surface area contributed by atoms with Crippen LogP contribution in [0, 0.1) is 0 Å². The zero-order chi connectivity index (χ0) is 13.2. The predicted octanol–water partition coefficient (Wildman–Crippen LogP) is 3.23. The van der Waals surface area contributed by atoms with Gasteiger partial charge in [-0.2, -0.15) is 0 Å². The number of hydrogen-bond acceptors (Lipinski definition) is 3. The van der Waals surface area contributed by atoms with Gasteiger partial charge in [-0.3, -0.25) is 4.79 Å². The van der Waals surface area contributed by atoms with Crippen molar-refractivity contribution in [2.24, 2.45) is 0 Å². The maximum Gasteiger partial charge on any atom is 0.252 e. The van der Waals surface area contributed by atoms with Crippen molar-refractivity contribution >= 4 is 33.2 Å². The van der Waals surface area contributed by atoms with E-state index in [1.54, 1.807) is 6.20 Å². The van der Waals surface area contributed by atoms with E-state index in [1.807, 2.05) is 24.0 Å². The molecule has 0 radical (unpaired) electrons. The molecule has 0 spiro atoms. The smallest absolute Gasteiger partial charge is 0.252 e. The van der Waals surface area contributed by atoms with Gasteiger partial charge in [0.2, 0.25) is 0 Å². The molecule has 1 saturated carbocycles. The summed E-state index contributed by atoms with van der Waals surface area (Å²) < 4.78 is 3.08. The summed E-state index contributed by atoms with van der Waals surface area (Å²) in [5, 5.41) is 5.02. The van der Waals surface area contributed by atoms with Crippen molar-refractivity contribution in [1.82, 2.24) is 14.9 Å². The molecule has 2 unspecified atom stereocenters. The van der Waals surface area contributed by atoms with Crippen LogP contribution in [0.15, 0.2) is 34.0 Å². The molecule has 0 aliphatic heterocycles. The van der Waals surface area contributed by atoms with Gasteiger partial charge in [-0.1, -0.05) is 0 Å². The van der Waals surface area contributed by atoms with Gasteiger partial charge >= 0.3 is 0 Å². The van der Waals surface area contributed by atoms with Crippen LogP contribution in [0.5, 0.6) is 0 Å². The van der Waals surface area contributed by atoms with E-state index < -0.39 is 0 Å². The van der Waals surface area contributed by atoms with Crippen LogP contribution in [-0.2, 0) is 0 Å². The third-order valence-electron chi connectivity index (χ3n) is 3.53. The normalized spacial score (nSPS) is 22.6. The second kappa shape index (κ2) is 5.46. The van der Waals surface area contributed by atoms with Crippen LogP contribution < -0.4 is 5.32 Å². The first-order valence-electron chi connectivity index (χ1n) is 6.26. The van der Waals surface area contributed by atoms with Crippen LogP contribution in [0.2, 0.25) is 0 Å². The molecule has 0 saturated heterocycles. The quantitative estimate of drug-likeness (QED) is 0.933. The average molecular weight is 340 g/mol. The van der Waals surface area contributed by atoms with Gasteiger partial charge in [0.15, 0.2) is 0 Å². The topological polar surface area (TPSA) is 46.9 Å². The number of nitrogens with one attached hydrogen (secondary N) is 1. The third kappa shape index (κ3) is 2.74. The molecule has 0 bridgehead atoms. The zero-order valence-corrected chi connectivity index (χ0v) is 12.7. The lowest BCUT2D eigenvalue weighted by atomic mass is 10.1. The fourth-order valence-corrected chi connectivity index (χ4v) is 3.75. The van der Waals surface area contributed by atoms with Crippen LogP contribution >= 0.6 is 27.3 Å². The number of aromatic nitrogens is 2. The Morgan fingerprint density at radius 3 is 3.11 bits per heavy atom. The Morgan fingerprint density at radius 1 is 1.53 bits per heavy atom. The highest BCUT2D eigenvalue weighted by molar-refractivity contribution is 9.11. The van der Waals surface area contributed by atoms with Crippen molar-refractivity contribution in [3.05, 3.63) is 39.5 Å². The fourth-order valence-electron chi connectivity index (χ4n) is 2.61. The number of nitrogens with zero attached hydrogens (tertiary/aromatic N) is 2. The van der Waals surface area contributed by atoms with Crippen molar-refractivity contribution < 1.29 is 4.79 Å². The van der Waals surface area contributed by atoms with Gasteiger partial charge in [0.25, 0.3) is 5.91 Å². The van der Waals surface area contributed by atoms with E-state index >= 15 is 0 Å². The summed E-state index contributed by atoms with van der Waals surface area (Å²) in [4.78, 5) is 16.3. The zero-order valence-electron chi connectivity index (χ0n) is 10.3. The number of thiophene rings is 1. The minimum Gasteiger partial charge on any atom is -0.347 e. The monoisotopic (exact) mass is 339 g/mol. The number of hydrogen-bond donors (Lipinski definition) is 1. The van der Waals surface area contributed by atoms with E-state index in [0.717, 1.165) is 28.6 Å². The molecule has 1 aliphatic rings. The van der Waals surface area contributed by atoms with Gasteiger partial charge in [-0.25, -0.2) is 4.98 Å². The van der Waals surface area contributed by atoms with Crippen LogP contribution in [-0.4, -0.2) is 21.5 Å². The molecule has 0 aromatic carbocycles. The van der Waals surface area contributed by atoms with E-state index in [-0.39, 0.29) is 11.9 Å². The van der Waals surface area contributed by atoms with Crippen LogP contribution in [0.3, 0.4) is 0 Å². The Morgan fingerprint density at radius 2 is 2.42 bits per heavy atom. The third-order valence-corrected chi connectivity index (χ3v) is 5.04. The predicted molar refractivity (Wildman–Crippen MR) is 78.4 cm³/mol. The maximum absolute atomic E-state index is 12.2. The summed E-state index contributed by atoms with van der Waals surface area (Å²) >= 11 is 4.91. The largest absolute Gasteiger partial charge is 0.347 e. The molecule has 4 nitrogen and oxygen atoms in total. The van der Waals surface area contributed by atoms with Crippen molar-refractivity contribution in [3.63, 3.8) is 0 Å². The SMILES string of the molecule is O=C(NC1CCCC1n1ccnc1)c1csc(Br)c1. The highest BCUT2D eigenvalue weighted by Crippen LogP contribution is 2.30. The van der Waals surface area contributed by atoms with Crippen LogP contribution in [0.25, 0.3) is 0 Å². The molecular formula is C13H14BrN3OS. The minimum absolute atomic E-state index is 0.0129. The van der Waals surface area contributed by atoms with Crippen molar-refractivity contribution in [3.8, 4) is 0 Å². The molecule has 19 heavy (non-hydrogen) atoms. The van der Waals surface area contributed by atoms with E-state index in [9.17, 15) is 4.79 Å². The Hall–Kier alpha value is -1.14. The summed E-state index contributed by atoms with van der Waals surface area (Å²) in [7, 11) is 0. The van der Waals surface area contributed by atoms with E-state index in [1.165, 1.54) is 11.3 Å². The van der Waals surface area contributed by atoms with Crippen LogP contribution in [0.4, 0.5) is 0 Å². The molecule has 2 aromatic rings. The molecule has 1 fully saturated rings. The average Bonchev–Trinajstić information content (AvgIpc) is 3.07. The van der Waals surface area contributed by atoms with Gasteiger partial charge in [-0.15, -0.1) is 11.3 Å². The summed E-state index contributed by atoms with van der Waals surface area (Å²) in [6, 6.07) is 2.38. The Balaban J connectivity index is 1.70. The summed E-state index contributed by atoms with van der Waals surface area (Å²) in [6.07, 6.45) is 8.84. The van der Waals surface area contributed by atoms with Crippen molar-refractivity contribution in [1.29, 1.82) is 0 Å². The van der Waals surface area contributed by atoms with Gasteiger partial charge in [0.1, 0.15) is 0 Å². The molecule has 3 rings (SSSR count). The molecule has 100 valence electrons. The molecule has 1 aliphatic carbocycles. The number of amides is 1. The first-order valence-corrected chi connectivity index (χ1v) is 7.93. The number of rotatable bonds is 3. The van der Waals surface area contributed by atoms with Crippen molar-refractivity contribution in [2.45, 2.75) is 31.3 Å². The molecule has 1 amide bonds. The molecule has 1 N–H and O–H groups in total. The second-order valence-electron chi connectivity index (χ2n) is 4.73. The maximum atomic E-state index is 12.2. The summed E-state index contributed by atoms with van der Waals surface area (Å²) in [5.41, 5.74) is 0.730. The second-order valence-corrected chi connectivity index (χ2v) is 7.02. The molecule has 2 atom stereocenters. The minimum atomic E-state index is 0.0129. The van der Waals surface area contributed by atoms with E-state index in [0.29, 0.717) is 6.04 Å². The Labute approximate surface area is 124 Å². The first kappa shape index (κ1) is 12.9. The fraction of sp³-hybridized carbons (Fsp3) is 0.385. The Bertz CT molecular complexity index is 566. The van der Waals surface area contributed by atoms with E-state index in [4.69, 9.17) is 0 Å². The highest BCUT2D eigenvalue weighted by atomic mass is 79.9. The van der Waals surface area contributed by atoms with Crippen LogP contribution in [0.1, 0.15) is 35.7 Å². The van der Waals surface area contributed by atoms with Gasteiger partial charge in [-0.05, 0) is 41.3 Å². The highest BCUT2D eigenvalue weighted by Gasteiger charge is 2.29. The lowest BCUT2D eigenvalue weighted by Crippen LogP contribution is -2.37. The lowest BCUT2D eigenvalue weighted by molar-refractivity contribution is 0.0929. The number of halogens is 1. The van der Waals surface area contributed by atoms with E-state index in [2.05, 4.69) is 30.8 Å². The molecular weight excluding hydrogens is 326 g/mol.